The first-order valence-corrected chi connectivity index (χ1v) is 7.19. The van der Waals surface area contributed by atoms with Crippen molar-refractivity contribution in [1.29, 1.82) is 0 Å². The van der Waals surface area contributed by atoms with Gasteiger partial charge in [0.2, 0.25) is 10.0 Å². The third-order valence-electron chi connectivity index (χ3n) is 2.95. The Morgan fingerprint density at radius 2 is 1.94 bits per heavy atom. The smallest absolute Gasteiger partial charge is 0.317 e. The van der Waals surface area contributed by atoms with E-state index in [-0.39, 0.29) is 31.6 Å². The molecule has 0 unspecified atom stereocenters. The molecule has 1 aliphatic rings. The van der Waals surface area contributed by atoms with Gasteiger partial charge < -0.3 is 4.74 Å². The quantitative estimate of drug-likeness (QED) is 0.514. The molecule has 0 aromatic rings. The molecule has 0 amide bonds. The van der Waals surface area contributed by atoms with Crippen molar-refractivity contribution in [2.45, 2.75) is 25.7 Å². The molecule has 0 N–H and O–H groups in total. The zero-order valence-corrected chi connectivity index (χ0v) is 11.2. The lowest BCUT2D eigenvalue weighted by atomic mass is 10.1. The minimum Gasteiger partial charge on any atom is -0.465 e. The summed E-state index contributed by atoms with van der Waals surface area (Å²) in [4.78, 5) is 11.4. The van der Waals surface area contributed by atoms with Gasteiger partial charge >= 0.3 is 5.97 Å². The second kappa shape index (κ2) is 5.48. The van der Waals surface area contributed by atoms with Crippen LogP contribution in [-0.2, 0) is 19.6 Å². The van der Waals surface area contributed by atoms with E-state index in [1.807, 2.05) is 0 Å². The summed E-state index contributed by atoms with van der Waals surface area (Å²) in [6.07, 6.45) is -2.33. The number of carbonyl (C=O) groups is 1. The summed E-state index contributed by atoms with van der Waals surface area (Å²) in [6.45, 7) is -0.152. The van der Waals surface area contributed by atoms with Gasteiger partial charge in [-0.05, 0) is 19.3 Å². The molecule has 0 spiro atoms. The molecule has 5 nitrogen and oxygen atoms in total. The molecule has 1 saturated carbocycles. The Hall–Kier alpha value is -0.760. The topological polar surface area (TPSA) is 63.7 Å². The van der Waals surface area contributed by atoms with E-state index in [0.29, 0.717) is 0 Å². The summed E-state index contributed by atoms with van der Waals surface area (Å²) in [6, 6.07) is 0. The fraction of sp³-hybridized carbons (Fsp3) is 0.900. The van der Waals surface area contributed by atoms with Gasteiger partial charge in [-0.3, -0.25) is 4.79 Å². The number of rotatable bonds is 7. The molecule has 0 aromatic heterocycles. The van der Waals surface area contributed by atoms with Crippen molar-refractivity contribution < 1.29 is 26.7 Å². The number of esters is 1. The Labute approximate surface area is 105 Å². The molecule has 0 saturated heterocycles. The molecule has 0 bridgehead atoms. The first-order chi connectivity index (χ1) is 8.22. The summed E-state index contributed by atoms with van der Waals surface area (Å²) in [7, 11) is -0.538. The molecule has 0 radical (unpaired) electrons. The molecule has 1 rings (SSSR count). The van der Waals surface area contributed by atoms with Crippen molar-refractivity contribution >= 4 is 16.0 Å². The first kappa shape index (κ1) is 15.3. The molecule has 0 aliphatic heterocycles. The van der Waals surface area contributed by atoms with E-state index < -0.39 is 27.8 Å². The highest BCUT2D eigenvalue weighted by Gasteiger charge is 2.59. The Morgan fingerprint density at radius 3 is 2.33 bits per heavy atom. The van der Waals surface area contributed by atoms with Gasteiger partial charge in [0.15, 0.2) is 0 Å². The van der Waals surface area contributed by atoms with Crippen molar-refractivity contribution in [2.75, 3.05) is 26.5 Å². The summed E-state index contributed by atoms with van der Waals surface area (Å²) in [5.74, 6) is -1.09. The van der Waals surface area contributed by atoms with Crippen molar-refractivity contribution in [3.63, 3.8) is 0 Å². The number of alkyl halides is 2. The SMILES string of the molecule is CN(C)S(=O)(=O)CCCOC(=O)C1(C(F)F)CC1. The summed E-state index contributed by atoms with van der Waals surface area (Å²) >= 11 is 0. The Kier molecular flexibility index (Phi) is 4.66. The van der Waals surface area contributed by atoms with Gasteiger partial charge in [0.1, 0.15) is 5.41 Å². The lowest BCUT2D eigenvalue weighted by molar-refractivity contribution is -0.156. The number of carbonyl (C=O) groups excluding carboxylic acids is 1. The van der Waals surface area contributed by atoms with E-state index in [9.17, 15) is 22.0 Å². The Bertz CT molecular complexity index is 404. The molecule has 1 fully saturated rings. The Balaban J connectivity index is 2.30. The second-order valence-corrected chi connectivity index (χ2v) is 6.85. The first-order valence-electron chi connectivity index (χ1n) is 5.58. The number of sulfonamides is 1. The zero-order valence-electron chi connectivity index (χ0n) is 10.4. The van der Waals surface area contributed by atoms with Crippen LogP contribution in [0.15, 0.2) is 0 Å². The van der Waals surface area contributed by atoms with Gasteiger partial charge in [-0.2, -0.15) is 0 Å². The number of hydrogen-bond donors (Lipinski definition) is 0. The van der Waals surface area contributed by atoms with Crippen LogP contribution in [0.2, 0.25) is 0 Å². The van der Waals surface area contributed by atoms with E-state index in [2.05, 4.69) is 0 Å². The van der Waals surface area contributed by atoms with Crippen molar-refractivity contribution in [3.05, 3.63) is 0 Å². The van der Waals surface area contributed by atoms with Gasteiger partial charge in [0.05, 0.1) is 12.4 Å². The summed E-state index contributed by atoms with van der Waals surface area (Å²) < 4.78 is 53.5. The highest BCUT2D eigenvalue weighted by Crippen LogP contribution is 2.51. The number of ether oxygens (including phenoxy) is 1. The molecule has 1 aliphatic carbocycles. The van der Waals surface area contributed by atoms with Crippen LogP contribution < -0.4 is 0 Å². The maximum atomic E-state index is 12.5. The van der Waals surface area contributed by atoms with Gasteiger partial charge in [-0.1, -0.05) is 0 Å². The standard InChI is InChI=1S/C10H17F2NO4S/c1-13(2)18(15,16)7-3-6-17-9(14)10(4-5-10)8(11)12/h8H,3-7H2,1-2H3. The minimum atomic E-state index is -3.34. The van der Waals surface area contributed by atoms with Crippen molar-refractivity contribution in [3.8, 4) is 0 Å². The monoisotopic (exact) mass is 285 g/mol. The molecule has 0 aromatic carbocycles. The maximum absolute atomic E-state index is 12.5. The highest BCUT2D eigenvalue weighted by molar-refractivity contribution is 7.89. The Morgan fingerprint density at radius 1 is 1.39 bits per heavy atom. The van der Waals surface area contributed by atoms with Gasteiger partial charge in [-0.15, -0.1) is 0 Å². The average molecular weight is 285 g/mol. The van der Waals surface area contributed by atoms with E-state index in [0.717, 1.165) is 4.31 Å². The van der Waals surface area contributed by atoms with E-state index in [1.54, 1.807) is 0 Å². The minimum absolute atomic E-state index is 0.103. The number of hydrogen-bond acceptors (Lipinski definition) is 4. The molecule has 0 atom stereocenters. The van der Waals surface area contributed by atoms with Crippen LogP contribution in [0.4, 0.5) is 8.78 Å². The maximum Gasteiger partial charge on any atom is 0.317 e. The molecule has 8 heteroatoms. The lowest BCUT2D eigenvalue weighted by Crippen LogP contribution is -2.28. The third-order valence-corrected chi connectivity index (χ3v) is 4.87. The van der Waals surface area contributed by atoms with Crippen LogP contribution in [0.5, 0.6) is 0 Å². The van der Waals surface area contributed by atoms with Crippen LogP contribution in [0.1, 0.15) is 19.3 Å². The largest absolute Gasteiger partial charge is 0.465 e. The predicted octanol–water partition coefficient (Wildman–Crippen LogP) is 0.856. The second-order valence-electron chi connectivity index (χ2n) is 4.54. The van der Waals surface area contributed by atoms with Gasteiger partial charge in [0.25, 0.3) is 6.43 Å². The lowest BCUT2D eigenvalue weighted by Gasteiger charge is -2.14. The van der Waals surface area contributed by atoms with E-state index in [4.69, 9.17) is 4.74 Å². The zero-order chi connectivity index (χ0) is 14.0. The molecule has 18 heavy (non-hydrogen) atoms. The molecular weight excluding hydrogens is 268 g/mol. The fourth-order valence-corrected chi connectivity index (χ4v) is 2.23. The van der Waals surface area contributed by atoms with E-state index >= 15 is 0 Å². The van der Waals surface area contributed by atoms with Crippen LogP contribution in [0.25, 0.3) is 0 Å². The third kappa shape index (κ3) is 3.38. The highest BCUT2D eigenvalue weighted by atomic mass is 32.2. The van der Waals surface area contributed by atoms with Crippen LogP contribution >= 0.6 is 0 Å². The van der Waals surface area contributed by atoms with Crippen LogP contribution in [-0.4, -0.2) is 51.6 Å². The van der Waals surface area contributed by atoms with Crippen molar-refractivity contribution in [2.24, 2.45) is 5.41 Å². The van der Waals surface area contributed by atoms with Gasteiger partial charge in [0, 0.05) is 14.1 Å². The number of nitrogens with zero attached hydrogens (tertiary/aromatic N) is 1. The fourth-order valence-electron chi connectivity index (χ4n) is 1.38. The summed E-state index contributed by atoms with van der Waals surface area (Å²) in [5.41, 5.74) is -1.62. The average Bonchev–Trinajstić information content (AvgIpc) is 3.04. The molecule has 0 heterocycles. The van der Waals surface area contributed by atoms with Crippen molar-refractivity contribution in [1.82, 2.24) is 4.31 Å². The normalized spacial score (nSPS) is 18.1. The van der Waals surface area contributed by atoms with Crippen LogP contribution in [0, 0.1) is 5.41 Å². The summed E-state index contributed by atoms with van der Waals surface area (Å²) in [5, 5.41) is 0. The molecule has 106 valence electrons. The van der Waals surface area contributed by atoms with Crippen LogP contribution in [0.3, 0.4) is 0 Å². The number of halogens is 2. The molecular formula is C10H17F2NO4S. The predicted molar refractivity (Wildman–Crippen MR) is 60.7 cm³/mol. The van der Waals surface area contributed by atoms with Gasteiger partial charge in [-0.25, -0.2) is 21.5 Å². The van der Waals surface area contributed by atoms with E-state index in [1.165, 1.54) is 14.1 Å².